The van der Waals surface area contributed by atoms with E-state index in [9.17, 15) is 9.90 Å². The molecule has 0 aliphatic heterocycles. The number of ketones is 1. The van der Waals surface area contributed by atoms with Crippen LogP contribution in [0.1, 0.15) is 46.1 Å². The van der Waals surface area contributed by atoms with E-state index in [2.05, 4.69) is 5.16 Å². The minimum Gasteiger partial charge on any atom is -0.395 e. The quantitative estimate of drug-likeness (QED) is 0.874. The molecular weight excluding hydrogens is 218 g/mol. The lowest BCUT2D eigenvalue weighted by Crippen LogP contribution is -2.23. The topological polar surface area (TPSA) is 63.3 Å². The highest BCUT2D eigenvalue weighted by molar-refractivity contribution is 5.85. The van der Waals surface area contributed by atoms with Crippen molar-refractivity contribution >= 4 is 5.78 Å². The van der Waals surface area contributed by atoms with Crippen LogP contribution in [0.4, 0.5) is 0 Å². The summed E-state index contributed by atoms with van der Waals surface area (Å²) < 4.78 is 5.14. The number of aliphatic hydroxyl groups excluding tert-OH is 1. The van der Waals surface area contributed by atoms with Crippen LogP contribution in [0.2, 0.25) is 0 Å². The SMILES string of the molecule is CC(C)(C)C(=O)Cc1cc(C(C)(C)CO)no1. The number of Topliss-reactive ketones (excluding diaryl/α,β-unsaturated/α-hetero) is 1. The largest absolute Gasteiger partial charge is 0.395 e. The average molecular weight is 239 g/mol. The van der Waals surface area contributed by atoms with Crippen LogP contribution in [0.3, 0.4) is 0 Å². The zero-order valence-electron chi connectivity index (χ0n) is 11.2. The third-order valence-electron chi connectivity index (χ3n) is 2.82. The molecule has 1 N–H and O–H groups in total. The average Bonchev–Trinajstić information content (AvgIpc) is 2.65. The summed E-state index contributed by atoms with van der Waals surface area (Å²) in [6, 6.07) is 1.75. The Hall–Kier alpha value is -1.16. The molecule has 4 nitrogen and oxygen atoms in total. The van der Waals surface area contributed by atoms with E-state index in [1.807, 2.05) is 34.6 Å². The van der Waals surface area contributed by atoms with E-state index in [4.69, 9.17) is 4.52 Å². The Kier molecular flexibility index (Phi) is 3.77. The Balaban J connectivity index is 2.80. The second-order valence-electron chi connectivity index (χ2n) is 6.07. The minimum atomic E-state index is -0.438. The fraction of sp³-hybridized carbons (Fsp3) is 0.692. The smallest absolute Gasteiger partial charge is 0.145 e. The molecule has 0 aromatic carbocycles. The van der Waals surface area contributed by atoms with Gasteiger partial charge in [-0.15, -0.1) is 0 Å². The van der Waals surface area contributed by atoms with Crippen LogP contribution in [0.5, 0.6) is 0 Å². The molecule has 0 unspecified atom stereocenters. The van der Waals surface area contributed by atoms with E-state index in [-0.39, 0.29) is 24.2 Å². The highest BCUT2D eigenvalue weighted by Crippen LogP contribution is 2.24. The van der Waals surface area contributed by atoms with Crippen LogP contribution in [-0.4, -0.2) is 22.7 Å². The maximum absolute atomic E-state index is 11.8. The van der Waals surface area contributed by atoms with Crippen LogP contribution in [0, 0.1) is 5.41 Å². The molecule has 1 heterocycles. The molecule has 0 saturated carbocycles. The van der Waals surface area contributed by atoms with Gasteiger partial charge in [0, 0.05) is 16.9 Å². The summed E-state index contributed by atoms with van der Waals surface area (Å²) in [5.41, 5.74) is -0.136. The Bertz CT molecular complexity index is 399. The molecule has 0 saturated heterocycles. The monoisotopic (exact) mass is 239 g/mol. The number of aliphatic hydroxyl groups is 1. The number of rotatable bonds is 4. The first kappa shape index (κ1) is 13.9. The van der Waals surface area contributed by atoms with E-state index in [1.165, 1.54) is 0 Å². The highest BCUT2D eigenvalue weighted by atomic mass is 16.5. The number of nitrogens with zero attached hydrogens (tertiary/aromatic N) is 1. The standard InChI is InChI=1S/C13H21NO3/c1-12(2,3)11(16)7-9-6-10(14-17-9)13(4,5)8-15/h6,15H,7-8H2,1-5H3. The Morgan fingerprint density at radius 2 is 1.94 bits per heavy atom. The van der Waals surface area contributed by atoms with Gasteiger partial charge in [0.25, 0.3) is 0 Å². The zero-order chi connectivity index (χ0) is 13.3. The van der Waals surface area contributed by atoms with Crippen LogP contribution >= 0.6 is 0 Å². The lowest BCUT2D eigenvalue weighted by molar-refractivity contribution is -0.125. The molecule has 1 rings (SSSR count). The van der Waals surface area contributed by atoms with Gasteiger partial charge in [-0.2, -0.15) is 0 Å². The van der Waals surface area contributed by atoms with Gasteiger partial charge < -0.3 is 9.63 Å². The van der Waals surface area contributed by atoms with Gasteiger partial charge in [0.15, 0.2) is 0 Å². The second kappa shape index (κ2) is 4.61. The summed E-state index contributed by atoms with van der Waals surface area (Å²) >= 11 is 0. The van der Waals surface area contributed by atoms with Crippen LogP contribution in [-0.2, 0) is 16.6 Å². The molecule has 0 radical (unpaired) electrons. The number of hydrogen-bond acceptors (Lipinski definition) is 4. The first-order chi connectivity index (χ1) is 7.66. The van der Waals surface area contributed by atoms with Crippen molar-refractivity contribution in [3.05, 3.63) is 17.5 Å². The number of hydrogen-bond donors (Lipinski definition) is 1. The first-order valence-electron chi connectivity index (χ1n) is 5.77. The molecule has 0 bridgehead atoms. The molecule has 0 spiro atoms. The molecule has 96 valence electrons. The molecule has 17 heavy (non-hydrogen) atoms. The van der Waals surface area contributed by atoms with Gasteiger partial charge >= 0.3 is 0 Å². The van der Waals surface area contributed by atoms with Crippen molar-refractivity contribution in [1.82, 2.24) is 5.16 Å². The maximum Gasteiger partial charge on any atom is 0.145 e. The zero-order valence-corrected chi connectivity index (χ0v) is 11.2. The molecular formula is C13H21NO3. The van der Waals surface area contributed by atoms with Gasteiger partial charge in [0.05, 0.1) is 18.7 Å². The number of carbonyl (C=O) groups excluding carboxylic acids is 1. The minimum absolute atomic E-state index is 0.00775. The molecule has 1 aromatic heterocycles. The van der Waals surface area contributed by atoms with Gasteiger partial charge in [-0.25, -0.2) is 0 Å². The molecule has 0 atom stereocenters. The Morgan fingerprint density at radius 3 is 2.41 bits per heavy atom. The van der Waals surface area contributed by atoms with Crippen molar-refractivity contribution in [2.24, 2.45) is 5.41 Å². The Morgan fingerprint density at radius 1 is 1.35 bits per heavy atom. The van der Waals surface area contributed by atoms with E-state index in [1.54, 1.807) is 6.07 Å². The summed E-state index contributed by atoms with van der Waals surface area (Å²) in [6.07, 6.45) is 0.248. The normalized spacial score (nSPS) is 12.8. The van der Waals surface area contributed by atoms with E-state index < -0.39 is 5.41 Å². The summed E-state index contributed by atoms with van der Waals surface area (Å²) in [7, 11) is 0. The van der Waals surface area contributed by atoms with Crippen molar-refractivity contribution in [2.45, 2.75) is 46.5 Å². The molecule has 0 amide bonds. The predicted molar refractivity (Wildman–Crippen MR) is 64.8 cm³/mol. The van der Waals surface area contributed by atoms with E-state index >= 15 is 0 Å². The second-order valence-corrected chi connectivity index (χ2v) is 6.07. The van der Waals surface area contributed by atoms with Crippen molar-refractivity contribution in [1.29, 1.82) is 0 Å². The van der Waals surface area contributed by atoms with Gasteiger partial charge in [0.2, 0.25) is 0 Å². The summed E-state index contributed by atoms with van der Waals surface area (Å²) in [5.74, 6) is 0.670. The molecule has 0 aliphatic carbocycles. The van der Waals surface area contributed by atoms with Crippen LogP contribution in [0.15, 0.2) is 10.6 Å². The van der Waals surface area contributed by atoms with Crippen molar-refractivity contribution in [3.63, 3.8) is 0 Å². The third-order valence-corrected chi connectivity index (χ3v) is 2.82. The number of aromatic nitrogens is 1. The van der Waals surface area contributed by atoms with Gasteiger partial charge in [-0.05, 0) is 0 Å². The molecule has 4 heteroatoms. The summed E-state index contributed by atoms with van der Waals surface area (Å²) in [4.78, 5) is 11.8. The Labute approximate surface area is 102 Å². The van der Waals surface area contributed by atoms with E-state index in [0.717, 1.165) is 0 Å². The van der Waals surface area contributed by atoms with Crippen LogP contribution in [0.25, 0.3) is 0 Å². The van der Waals surface area contributed by atoms with Gasteiger partial charge in [-0.1, -0.05) is 39.8 Å². The molecule has 0 fully saturated rings. The molecule has 0 aliphatic rings. The number of carbonyl (C=O) groups is 1. The lowest BCUT2D eigenvalue weighted by atomic mass is 9.87. The van der Waals surface area contributed by atoms with Gasteiger partial charge in [0.1, 0.15) is 11.5 Å². The third kappa shape index (κ3) is 3.40. The summed E-state index contributed by atoms with van der Waals surface area (Å²) in [6.45, 7) is 9.38. The van der Waals surface area contributed by atoms with E-state index in [0.29, 0.717) is 11.5 Å². The fourth-order valence-electron chi connectivity index (χ4n) is 1.22. The lowest BCUT2D eigenvalue weighted by Gasteiger charge is -2.17. The van der Waals surface area contributed by atoms with Crippen molar-refractivity contribution in [3.8, 4) is 0 Å². The van der Waals surface area contributed by atoms with Gasteiger partial charge in [-0.3, -0.25) is 4.79 Å². The van der Waals surface area contributed by atoms with Crippen LogP contribution < -0.4 is 0 Å². The highest BCUT2D eigenvalue weighted by Gasteiger charge is 2.26. The maximum atomic E-state index is 11.8. The molecule has 1 aromatic rings. The van der Waals surface area contributed by atoms with Crippen molar-refractivity contribution in [2.75, 3.05) is 6.61 Å². The summed E-state index contributed by atoms with van der Waals surface area (Å²) in [5, 5.41) is 13.1. The predicted octanol–water partition coefficient (Wildman–Crippen LogP) is 2.10. The first-order valence-corrected chi connectivity index (χ1v) is 5.77. The van der Waals surface area contributed by atoms with Crippen molar-refractivity contribution < 1.29 is 14.4 Å². The fourth-order valence-corrected chi connectivity index (χ4v) is 1.22.